The van der Waals surface area contributed by atoms with Crippen molar-refractivity contribution in [2.24, 2.45) is 11.8 Å². The van der Waals surface area contributed by atoms with Crippen LogP contribution in [0.1, 0.15) is 59.5 Å². The van der Waals surface area contributed by atoms with Gasteiger partial charge in [0.05, 0.1) is 0 Å². The summed E-state index contributed by atoms with van der Waals surface area (Å²) in [6.45, 7) is 3.22. The van der Waals surface area contributed by atoms with E-state index in [1.54, 1.807) is 0 Å². The van der Waals surface area contributed by atoms with Gasteiger partial charge in [-0.2, -0.15) is 0 Å². The first-order valence-electron chi connectivity index (χ1n) is 11.0. The third-order valence-electron chi connectivity index (χ3n) is 7.02. The molecular formula is C25H30N2O. The lowest BCUT2D eigenvalue weighted by Crippen LogP contribution is -2.28. The van der Waals surface area contributed by atoms with Gasteiger partial charge in [-0.15, -0.1) is 0 Å². The molecule has 1 N–H and O–H groups in total. The average molecular weight is 375 g/mol. The van der Waals surface area contributed by atoms with Crippen LogP contribution in [-0.2, 0) is 6.42 Å². The molecule has 0 radical (unpaired) electrons. The molecule has 0 spiro atoms. The molecule has 2 aromatic carbocycles. The van der Waals surface area contributed by atoms with Gasteiger partial charge in [0.2, 0.25) is 0 Å². The molecule has 2 unspecified atom stereocenters. The normalized spacial score (nSPS) is 24.2. The van der Waals surface area contributed by atoms with E-state index in [1.807, 2.05) is 35.2 Å². The molecule has 2 heterocycles. The molecule has 1 saturated carbocycles. The van der Waals surface area contributed by atoms with Crippen LogP contribution in [0.4, 0.5) is 5.69 Å². The molecule has 1 saturated heterocycles. The number of fused-ring (bicyclic) bond motifs is 1. The fourth-order valence-electron chi connectivity index (χ4n) is 5.19. The van der Waals surface area contributed by atoms with E-state index in [-0.39, 0.29) is 5.91 Å². The summed E-state index contributed by atoms with van der Waals surface area (Å²) >= 11 is 0. The number of piperidine rings is 1. The Labute approximate surface area is 168 Å². The molecule has 2 fully saturated rings. The highest BCUT2D eigenvalue weighted by Gasteiger charge is 2.39. The molecule has 1 aliphatic carbocycles. The minimum Gasteiger partial charge on any atom is -0.317 e. The molecule has 2 atom stereocenters. The molecule has 146 valence electrons. The first-order chi connectivity index (χ1) is 13.8. The lowest BCUT2D eigenvalue weighted by molar-refractivity contribution is 0.0989. The molecule has 0 bridgehead atoms. The van der Waals surface area contributed by atoms with Crippen LogP contribution in [0.3, 0.4) is 0 Å². The van der Waals surface area contributed by atoms with Gasteiger partial charge in [0, 0.05) is 17.8 Å². The van der Waals surface area contributed by atoms with E-state index in [0.717, 1.165) is 42.0 Å². The van der Waals surface area contributed by atoms with E-state index in [4.69, 9.17) is 0 Å². The van der Waals surface area contributed by atoms with Crippen molar-refractivity contribution in [1.82, 2.24) is 5.32 Å². The van der Waals surface area contributed by atoms with Gasteiger partial charge in [-0.3, -0.25) is 4.79 Å². The zero-order chi connectivity index (χ0) is 18.9. The highest BCUT2D eigenvalue weighted by molar-refractivity contribution is 6.07. The Balaban J connectivity index is 1.22. The molecule has 28 heavy (non-hydrogen) atoms. The molecule has 5 rings (SSSR count). The Kier molecular flexibility index (Phi) is 4.94. The van der Waals surface area contributed by atoms with Crippen molar-refractivity contribution in [1.29, 1.82) is 0 Å². The zero-order valence-corrected chi connectivity index (χ0v) is 16.6. The lowest BCUT2D eigenvalue weighted by atomic mass is 9.91. The predicted octanol–water partition coefficient (Wildman–Crippen LogP) is 4.77. The van der Waals surface area contributed by atoms with Gasteiger partial charge in [-0.25, -0.2) is 0 Å². The molecule has 1 amide bonds. The monoisotopic (exact) mass is 374 g/mol. The summed E-state index contributed by atoms with van der Waals surface area (Å²) in [6, 6.07) is 16.5. The van der Waals surface area contributed by atoms with Crippen molar-refractivity contribution in [3.63, 3.8) is 0 Å². The number of hydrogen-bond donors (Lipinski definition) is 1. The van der Waals surface area contributed by atoms with Crippen LogP contribution < -0.4 is 10.2 Å². The second kappa shape index (κ2) is 7.71. The molecular weight excluding hydrogens is 344 g/mol. The summed E-state index contributed by atoms with van der Waals surface area (Å²) in [5.41, 5.74) is 4.75. The van der Waals surface area contributed by atoms with Gasteiger partial charge in [-0.05, 0) is 92.3 Å². The maximum Gasteiger partial charge on any atom is 0.258 e. The zero-order valence-electron chi connectivity index (χ0n) is 16.6. The fourth-order valence-corrected chi connectivity index (χ4v) is 5.19. The van der Waals surface area contributed by atoms with Crippen molar-refractivity contribution >= 4 is 11.6 Å². The summed E-state index contributed by atoms with van der Waals surface area (Å²) in [6.07, 6.45) is 7.87. The minimum atomic E-state index is 0.123. The summed E-state index contributed by atoms with van der Waals surface area (Å²) in [7, 11) is 0. The first-order valence-corrected chi connectivity index (χ1v) is 11.0. The number of nitrogens with one attached hydrogen (secondary N) is 1. The van der Waals surface area contributed by atoms with Gasteiger partial charge in [0.1, 0.15) is 0 Å². The third-order valence-corrected chi connectivity index (χ3v) is 7.02. The summed E-state index contributed by atoms with van der Waals surface area (Å²) in [4.78, 5) is 14.8. The van der Waals surface area contributed by atoms with E-state index < -0.39 is 0 Å². The Morgan fingerprint density at radius 2 is 1.86 bits per heavy atom. The Morgan fingerprint density at radius 3 is 2.68 bits per heavy atom. The van der Waals surface area contributed by atoms with Crippen molar-refractivity contribution in [3.8, 4) is 0 Å². The Bertz CT molecular complexity index is 841. The second-order valence-corrected chi connectivity index (χ2v) is 8.83. The quantitative estimate of drug-likeness (QED) is 0.817. The Hall–Kier alpha value is -2.13. The largest absolute Gasteiger partial charge is 0.317 e. The van der Waals surface area contributed by atoms with Crippen LogP contribution in [-0.4, -0.2) is 25.5 Å². The fraction of sp³-hybridized carbons (Fsp3) is 0.480. The summed E-state index contributed by atoms with van der Waals surface area (Å²) in [5, 5.41) is 3.47. The second-order valence-electron chi connectivity index (χ2n) is 8.83. The van der Waals surface area contributed by atoms with Crippen molar-refractivity contribution in [3.05, 3.63) is 65.2 Å². The number of carbonyl (C=O) groups is 1. The highest BCUT2D eigenvalue weighted by atomic mass is 16.2. The molecule has 2 aromatic rings. The maximum atomic E-state index is 12.8. The topological polar surface area (TPSA) is 32.3 Å². The number of carbonyl (C=O) groups excluding carboxylic acids is 1. The predicted molar refractivity (Wildman–Crippen MR) is 114 cm³/mol. The summed E-state index contributed by atoms with van der Waals surface area (Å²) in [5.74, 6) is 2.71. The smallest absolute Gasteiger partial charge is 0.258 e. The minimum absolute atomic E-state index is 0.123. The van der Waals surface area contributed by atoms with E-state index in [9.17, 15) is 4.79 Å². The van der Waals surface area contributed by atoms with E-state index >= 15 is 0 Å². The van der Waals surface area contributed by atoms with Gasteiger partial charge in [0.25, 0.3) is 5.91 Å². The van der Waals surface area contributed by atoms with Crippen LogP contribution in [0.25, 0.3) is 0 Å². The maximum absolute atomic E-state index is 12.8. The lowest BCUT2D eigenvalue weighted by Gasteiger charge is -2.22. The van der Waals surface area contributed by atoms with Crippen molar-refractivity contribution in [2.45, 2.75) is 44.4 Å². The standard InChI is InChI=1S/C25H30N2O/c28-25(19-4-2-1-3-5-19)27-15-12-22-16-20(8-9-24(22)27)23-17-21(23)7-6-18-10-13-26-14-11-18/h1-5,8-9,16,18,21,23,26H,6-7,10-15,17H2. The molecule has 3 aliphatic rings. The van der Waals surface area contributed by atoms with E-state index in [0.29, 0.717) is 0 Å². The SMILES string of the molecule is O=C(c1ccccc1)N1CCc2cc(C3CC3CCC3CCNCC3)ccc21. The number of rotatable bonds is 5. The van der Waals surface area contributed by atoms with E-state index in [1.165, 1.54) is 56.3 Å². The molecule has 0 aromatic heterocycles. The van der Waals surface area contributed by atoms with Crippen LogP contribution in [0.5, 0.6) is 0 Å². The van der Waals surface area contributed by atoms with Gasteiger partial charge in [0.15, 0.2) is 0 Å². The number of amides is 1. The highest BCUT2D eigenvalue weighted by Crippen LogP contribution is 2.51. The number of hydrogen-bond acceptors (Lipinski definition) is 2. The third kappa shape index (κ3) is 3.60. The van der Waals surface area contributed by atoms with Gasteiger partial charge >= 0.3 is 0 Å². The average Bonchev–Trinajstić information content (AvgIpc) is 3.42. The van der Waals surface area contributed by atoms with Crippen LogP contribution in [0.2, 0.25) is 0 Å². The van der Waals surface area contributed by atoms with Crippen LogP contribution in [0.15, 0.2) is 48.5 Å². The molecule has 3 nitrogen and oxygen atoms in total. The van der Waals surface area contributed by atoms with Crippen molar-refractivity contribution in [2.75, 3.05) is 24.5 Å². The molecule has 3 heteroatoms. The Morgan fingerprint density at radius 1 is 1.04 bits per heavy atom. The summed E-state index contributed by atoms with van der Waals surface area (Å²) < 4.78 is 0. The number of nitrogens with zero attached hydrogens (tertiary/aromatic N) is 1. The van der Waals surface area contributed by atoms with Crippen LogP contribution >= 0.6 is 0 Å². The van der Waals surface area contributed by atoms with Crippen LogP contribution in [0, 0.1) is 11.8 Å². The van der Waals surface area contributed by atoms with E-state index in [2.05, 4.69) is 23.5 Å². The van der Waals surface area contributed by atoms with Gasteiger partial charge in [-0.1, -0.05) is 36.8 Å². The molecule has 2 aliphatic heterocycles. The number of anilines is 1. The number of benzene rings is 2. The van der Waals surface area contributed by atoms with Crippen molar-refractivity contribution < 1.29 is 4.79 Å². The van der Waals surface area contributed by atoms with Gasteiger partial charge < -0.3 is 10.2 Å². The first kappa shape index (κ1) is 17.9.